The second-order valence-electron chi connectivity index (χ2n) is 9.11. The highest BCUT2D eigenvalue weighted by Gasteiger charge is 2.60. The fourth-order valence-electron chi connectivity index (χ4n) is 5.61. The second-order valence-corrected chi connectivity index (χ2v) is 14.6. The molecule has 5 atom stereocenters. The number of hydrogen-bond acceptors (Lipinski definition) is 5. The Labute approximate surface area is 212 Å². The molecule has 2 aromatic rings. The summed E-state index contributed by atoms with van der Waals surface area (Å²) in [5.41, 5.74) is 0.607. The number of rotatable bonds is 6. The zero-order valence-electron chi connectivity index (χ0n) is 20.2. The van der Waals surface area contributed by atoms with Gasteiger partial charge >= 0.3 is 12.1 Å². The molecular formula is C25H31Cl2NO5Si. The Morgan fingerprint density at radius 2 is 1.62 bits per heavy atom. The van der Waals surface area contributed by atoms with Crippen LogP contribution in [-0.2, 0) is 19.0 Å². The summed E-state index contributed by atoms with van der Waals surface area (Å²) < 4.78 is 16.0. The molecule has 3 rings (SSSR count). The highest BCUT2D eigenvalue weighted by Crippen LogP contribution is 2.55. The molecule has 1 aliphatic rings. The smallest absolute Gasteiger partial charge is 0.410 e. The minimum atomic E-state index is -2.33. The van der Waals surface area contributed by atoms with Gasteiger partial charge in [-0.1, -0.05) is 90.9 Å². The maximum Gasteiger partial charge on any atom is 0.410 e. The lowest BCUT2D eigenvalue weighted by molar-refractivity contribution is -0.155. The van der Waals surface area contributed by atoms with Crippen LogP contribution in [0.25, 0.3) is 0 Å². The summed E-state index contributed by atoms with van der Waals surface area (Å²) >= 11 is 13.0. The molecule has 0 radical (unpaired) electrons. The quantitative estimate of drug-likeness (QED) is 0.379. The third kappa shape index (κ3) is 4.59. The largest absolute Gasteiger partial charge is 0.467 e. The Morgan fingerprint density at radius 3 is 2.18 bits per heavy atom. The Bertz CT molecular complexity index is 1040. The van der Waals surface area contributed by atoms with Crippen molar-refractivity contribution in [3.8, 4) is 0 Å². The Hall–Kier alpha value is -2.06. The van der Waals surface area contributed by atoms with Gasteiger partial charge in [0.05, 0.1) is 44.4 Å². The van der Waals surface area contributed by atoms with E-state index in [0.29, 0.717) is 15.6 Å². The summed E-state index contributed by atoms with van der Waals surface area (Å²) in [6, 6.07) is 14.5. The molecule has 34 heavy (non-hydrogen) atoms. The summed E-state index contributed by atoms with van der Waals surface area (Å²) in [6.07, 6.45) is -1.57. The highest BCUT2D eigenvalue weighted by molar-refractivity contribution is 6.91. The van der Waals surface area contributed by atoms with Crippen molar-refractivity contribution in [2.24, 2.45) is 5.92 Å². The highest BCUT2D eigenvalue weighted by atomic mass is 35.5. The van der Waals surface area contributed by atoms with Crippen molar-refractivity contribution >= 4 is 48.5 Å². The molecule has 1 heterocycles. The van der Waals surface area contributed by atoms with Crippen LogP contribution in [0.5, 0.6) is 0 Å². The van der Waals surface area contributed by atoms with Crippen molar-refractivity contribution in [3.63, 3.8) is 0 Å². The molecule has 1 aliphatic heterocycles. The van der Waals surface area contributed by atoms with Crippen LogP contribution in [-0.4, -0.2) is 58.5 Å². The first-order valence-corrected chi connectivity index (χ1v) is 14.9. The number of nitrogens with zero attached hydrogens (tertiary/aromatic N) is 1. The molecule has 0 N–H and O–H groups in total. The first kappa shape index (κ1) is 26.5. The molecule has 0 bridgehead atoms. The lowest BCUT2D eigenvalue weighted by atomic mass is 9.93. The van der Waals surface area contributed by atoms with Gasteiger partial charge < -0.3 is 14.2 Å². The predicted octanol–water partition coefficient (Wildman–Crippen LogP) is 5.30. The minimum absolute atomic E-state index is 0.0933. The molecular weight excluding hydrogens is 493 g/mol. The van der Waals surface area contributed by atoms with E-state index in [0.717, 1.165) is 0 Å². The number of amides is 1. The SMILES string of the molecule is COC(=O)[C@H](OC)[C@H]1[C@H]([Si](C)(C)c2ccccc2)[C@@H](C)[C@@H](c2cccc(Cl)c2Cl)N1C(=O)OC. The van der Waals surface area contributed by atoms with E-state index >= 15 is 0 Å². The standard InChI is InChI=1S/C25H31Cl2NO5Si/c1-15-20(17-13-10-14-18(26)19(17)27)28(25(30)33-4)21(22(31-2)24(29)32-3)23(15)34(5,6)16-11-8-7-9-12-16/h7-15,20-23H,1-6H3/t15-,20-,21-,22+,23+/m0/s1. The average Bonchev–Trinajstić information content (AvgIpc) is 3.14. The Kier molecular flexibility index (Phi) is 8.34. The number of halogens is 2. The van der Waals surface area contributed by atoms with Crippen LogP contribution in [0.3, 0.4) is 0 Å². The third-order valence-corrected chi connectivity index (χ3v) is 12.3. The van der Waals surface area contributed by atoms with E-state index in [1.54, 1.807) is 11.0 Å². The lowest BCUT2D eigenvalue weighted by Gasteiger charge is -2.39. The number of likely N-dealkylation sites (tertiary alicyclic amines) is 1. The van der Waals surface area contributed by atoms with Crippen LogP contribution < -0.4 is 5.19 Å². The van der Waals surface area contributed by atoms with Crippen LogP contribution in [0, 0.1) is 5.92 Å². The normalized spacial score (nSPS) is 23.5. The van der Waals surface area contributed by atoms with Crippen molar-refractivity contribution in [3.05, 3.63) is 64.1 Å². The molecule has 184 valence electrons. The monoisotopic (exact) mass is 523 g/mol. The van der Waals surface area contributed by atoms with Crippen LogP contribution in [0.1, 0.15) is 18.5 Å². The fraction of sp³-hybridized carbons (Fsp3) is 0.440. The van der Waals surface area contributed by atoms with Gasteiger partial charge in [-0.15, -0.1) is 0 Å². The average molecular weight is 525 g/mol. The molecule has 0 aliphatic carbocycles. The van der Waals surface area contributed by atoms with E-state index in [1.165, 1.54) is 26.5 Å². The van der Waals surface area contributed by atoms with Crippen molar-refractivity contribution in [2.45, 2.75) is 43.7 Å². The first-order valence-electron chi connectivity index (χ1n) is 11.1. The lowest BCUT2D eigenvalue weighted by Crippen LogP contribution is -2.57. The van der Waals surface area contributed by atoms with E-state index in [-0.39, 0.29) is 11.5 Å². The third-order valence-electron chi connectivity index (χ3n) is 7.09. The number of benzene rings is 2. The first-order chi connectivity index (χ1) is 16.1. The summed E-state index contributed by atoms with van der Waals surface area (Å²) in [7, 11) is 1.77. The van der Waals surface area contributed by atoms with Crippen LogP contribution in [0.2, 0.25) is 28.7 Å². The second kappa shape index (κ2) is 10.7. The van der Waals surface area contributed by atoms with Gasteiger partial charge in [-0.25, -0.2) is 9.59 Å². The number of ether oxygens (including phenoxy) is 3. The van der Waals surface area contributed by atoms with Gasteiger partial charge in [-0.2, -0.15) is 0 Å². The van der Waals surface area contributed by atoms with Crippen molar-refractivity contribution in [1.82, 2.24) is 4.90 Å². The van der Waals surface area contributed by atoms with Crippen LogP contribution in [0.4, 0.5) is 4.79 Å². The predicted molar refractivity (Wildman–Crippen MR) is 137 cm³/mol. The van der Waals surface area contributed by atoms with E-state index in [4.69, 9.17) is 37.4 Å². The van der Waals surface area contributed by atoms with Crippen LogP contribution >= 0.6 is 23.2 Å². The topological polar surface area (TPSA) is 65.1 Å². The van der Waals surface area contributed by atoms with Gasteiger partial charge in [0.15, 0.2) is 6.10 Å². The molecule has 0 saturated carbocycles. The number of carbonyl (C=O) groups is 2. The van der Waals surface area contributed by atoms with E-state index in [2.05, 4.69) is 32.2 Å². The zero-order valence-corrected chi connectivity index (χ0v) is 22.8. The zero-order chi connectivity index (χ0) is 25.2. The van der Waals surface area contributed by atoms with Gasteiger partial charge in [-0.3, -0.25) is 4.90 Å². The molecule has 0 unspecified atom stereocenters. The van der Waals surface area contributed by atoms with Gasteiger partial charge in [0.2, 0.25) is 0 Å². The van der Waals surface area contributed by atoms with E-state index in [9.17, 15) is 9.59 Å². The van der Waals surface area contributed by atoms with Crippen molar-refractivity contribution in [2.75, 3.05) is 21.3 Å². The van der Waals surface area contributed by atoms with Crippen molar-refractivity contribution in [1.29, 1.82) is 0 Å². The molecule has 6 nitrogen and oxygen atoms in total. The number of methoxy groups -OCH3 is 3. The summed E-state index contributed by atoms with van der Waals surface area (Å²) in [6.45, 7) is 6.58. The molecule has 1 fully saturated rings. The molecule has 9 heteroatoms. The van der Waals surface area contributed by atoms with Crippen LogP contribution in [0.15, 0.2) is 48.5 Å². The fourth-order valence-corrected chi connectivity index (χ4v) is 10.2. The molecule has 1 amide bonds. The van der Waals surface area contributed by atoms with Gasteiger partial charge in [-0.05, 0) is 23.1 Å². The van der Waals surface area contributed by atoms with Crippen molar-refractivity contribution < 1.29 is 23.8 Å². The van der Waals surface area contributed by atoms with Gasteiger partial charge in [0.25, 0.3) is 0 Å². The number of esters is 1. The maximum atomic E-state index is 13.3. The molecule has 0 spiro atoms. The summed E-state index contributed by atoms with van der Waals surface area (Å²) in [4.78, 5) is 27.8. The number of carbonyl (C=O) groups excluding carboxylic acids is 2. The van der Waals surface area contributed by atoms with Gasteiger partial charge in [0.1, 0.15) is 0 Å². The Balaban J connectivity index is 2.30. The summed E-state index contributed by atoms with van der Waals surface area (Å²) in [5, 5.41) is 1.98. The summed E-state index contributed by atoms with van der Waals surface area (Å²) in [5.74, 6) is -0.640. The molecule has 1 saturated heterocycles. The maximum absolute atomic E-state index is 13.3. The Morgan fingerprint density at radius 1 is 0.971 bits per heavy atom. The van der Waals surface area contributed by atoms with E-state index < -0.39 is 38.3 Å². The molecule has 2 aromatic carbocycles. The van der Waals surface area contributed by atoms with Gasteiger partial charge in [0, 0.05) is 7.11 Å². The number of hydrogen-bond donors (Lipinski definition) is 0. The minimum Gasteiger partial charge on any atom is -0.467 e. The molecule has 0 aromatic heterocycles. The van der Waals surface area contributed by atoms with E-state index in [1.807, 2.05) is 30.3 Å².